The molecule has 0 unspecified atom stereocenters. The molecule has 2 aromatic rings. The summed E-state index contributed by atoms with van der Waals surface area (Å²) in [4.78, 5) is 49.1. The van der Waals surface area contributed by atoms with Gasteiger partial charge in [0.25, 0.3) is 0 Å². The summed E-state index contributed by atoms with van der Waals surface area (Å²) < 4.78 is 10.4. The predicted molar refractivity (Wildman–Crippen MR) is 143 cm³/mol. The summed E-state index contributed by atoms with van der Waals surface area (Å²) in [5.74, 6) is -1.04. The number of unbranched alkanes of at least 4 members (excludes halogenated alkanes) is 1. The molecular weight excluding hydrogens is 488 g/mol. The van der Waals surface area contributed by atoms with Crippen LogP contribution in [-0.4, -0.2) is 42.6 Å². The predicted octanol–water partition coefficient (Wildman–Crippen LogP) is 3.39. The molecule has 0 heterocycles. The van der Waals surface area contributed by atoms with Crippen molar-refractivity contribution in [1.82, 2.24) is 16.0 Å². The molecule has 4 amide bonds. The molecule has 0 aliphatic rings. The van der Waals surface area contributed by atoms with Gasteiger partial charge >= 0.3 is 12.2 Å². The third-order valence-corrected chi connectivity index (χ3v) is 5.59. The zero-order valence-electron chi connectivity index (χ0n) is 22.0. The minimum atomic E-state index is -0.947. The van der Waals surface area contributed by atoms with E-state index in [4.69, 9.17) is 15.2 Å². The van der Waals surface area contributed by atoms with E-state index in [0.717, 1.165) is 11.1 Å². The Morgan fingerprint density at radius 2 is 1.32 bits per heavy atom. The van der Waals surface area contributed by atoms with Crippen molar-refractivity contribution < 1.29 is 28.7 Å². The monoisotopic (exact) mass is 526 g/mol. The number of carbonyl (C=O) groups excluding carboxylic acids is 4. The van der Waals surface area contributed by atoms with E-state index in [1.165, 1.54) is 0 Å². The van der Waals surface area contributed by atoms with Gasteiger partial charge in [-0.15, -0.1) is 0 Å². The van der Waals surface area contributed by atoms with E-state index < -0.39 is 36.1 Å². The van der Waals surface area contributed by atoms with E-state index in [0.29, 0.717) is 25.8 Å². The summed E-state index contributed by atoms with van der Waals surface area (Å²) in [5.41, 5.74) is 7.15. The van der Waals surface area contributed by atoms with Crippen molar-refractivity contribution in [2.24, 2.45) is 11.7 Å². The fourth-order valence-electron chi connectivity index (χ4n) is 3.60. The van der Waals surface area contributed by atoms with Crippen LogP contribution in [0.1, 0.15) is 50.7 Å². The highest BCUT2D eigenvalue weighted by molar-refractivity contribution is 5.90. The maximum Gasteiger partial charge on any atom is 0.408 e. The lowest BCUT2D eigenvalue weighted by Gasteiger charge is -2.23. The first-order chi connectivity index (χ1) is 18.2. The SMILES string of the molecule is CC(C)C[C@H](NC(=O)[C@@H](CCCCNC(=O)OCc1ccccc1)NC(=O)OCc1ccccc1)C(N)=O. The average Bonchev–Trinajstić information content (AvgIpc) is 2.90. The lowest BCUT2D eigenvalue weighted by Crippen LogP contribution is -2.53. The normalized spacial score (nSPS) is 12.2. The summed E-state index contributed by atoms with van der Waals surface area (Å²) in [7, 11) is 0. The topological polar surface area (TPSA) is 149 Å². The van der Waals surface area contributed by atoms with Crippen LogP contribution in [0.15, 0.2) is 60.7 Å². The molecule has 10 nitrogen and oxygen atoms in total. The summed E-state index contributed by atoms with van der Waals surface area (Å²) in [5, 5.41) is 7.90. The molecule has 0 aliphatic carbocycles. The second kappa shape index (κ2) is 16.6. The molecule has 2 aromatic carbocycles. The van der Waals surface area contributed by atoms with Gasteiger partial charge in [-0.1, -0.05) is 74.5 Å². The third kappa shape index (κ3) is 12.2. The van der Waals surface area contributed by atoms with Crippen LogP contribution < -0.4 is 21.7 Å². The van der Waals surface area contributed by atoms with Crippen molar-refractivity contribution in [3.05, 3.63) is 71.8 Å². The molecule has 10 heteroatoms. The lowest BCUT2D eigenvalue weighted by atomic mass is 10.0. The Labute approximate surface area is 223 Å². The number of primary amides is 1. The smallest absolute Gasteiger partial charge is 0.408 e. The lowest BCUT2D eigenvalue weighted by molar-refractivity contribution is -0.129. The van der Waals surface area contributed by atoms with Crippen LogP contribution in [0.2, 0.25) is 0 Å². The summed E-state index contributed by atoms with van der Waals surface area (Å²) >= 11 is 0. The van der Waals surface area contributed by atoms with Crippen molar-refractivity contribution in [2.45, 2.75) is 64.8 Å². The molecule has 0 bridgehead atoms. The Kier molecular flexibility index (Phi) is 13.2. The molecule has 38 heavy (non-hydrogen) atoms. The van der Waals surface area contributed by atoms with Gasteiger partial charge in [0.15, 0.2) is 0 Å². The van der Waals surface area contributed by atoms with E-state index in [1.807, 2.05) is 74.5 Å². The molecule has 0 aliphatic heterocycles. The number of rotatable bonds is 15. The molecule has 206 valence electrons. The Balaban J connectivity index is 1.84. The Morgan fingerprint density at radius 3 is 1.84 bits per heavy atom. The Bertz CT molecular complexity index is 1020. The van der Waals surface area contributed by atoms with Crippen LogP contribution in [-0.2, 0) is 32.3 Å². The average molecular weight is 527 g/mol. The van der Waals surface area contributed by atoms with Crippen molar-refractivity contribution in [2.75, 3.05) is 6.54 Å². The van der Waals surface area contributed by atoms with Crippen LogP contribution >= 0.6 is 0 Å². The van der Waals surface area contributed by atoms with E-state index in [-0.39, 0.29) is 25.6 Å². The first kappa shape index (κ1) is 30.1. The molecule has 0 aromatic heterocycles. The Hall–Kier alpha value is -4.08. The zero-order valence-corrected chi connectivity index (χ0v) is 22.0. The zero-order chi connectivity index (χ0) is 27.8. The number of hydrogen-bond donors (Lipinski definition) is 4. The molecule has 0 saturated heterocycles. The molecule has 5 N–H and O–H groups in total. The quantitative estimate of drug-likeness (QED) is 0.261. The number of benzene rings is 2. The van der Waals surface area contributed by atoms with E-state index in [9.17, 15) is 19.2 Å². The molecule has 0 radical (unpaired) electrons. The maximum atomic E-state index is 13.0. The fraction of sp³-hybridized carbons (Fsp3) is 0.429. The number of carbonyl (C=O) groups is 4. The van der Waals surface area contributed by atoms with Gasteiger partial charge in [-0.3, -0.25) is 9.59 Å². The van der Waals surface area contributed by atoms with Crippen LogP contribution in [0.3, 0.4) is 0 Å². The molecule has 0 fully saturated rings. The Morgan fingerprint density at radius 1 is 0.763 bits per heavy atom. The third-order valence-electron chi connectivity index (χ3n) is 5.59. The summed E-state index contributed by atoms with van der Waals surface area (Å²) in [6.07, 6.45) is 0.388. The highest BCUT2D eigenvalue weighted by atomic mass is 16.6. The fourth-order valence-corrected chi connectivity index (χ4v) is 3.60. The number of nitrogens with two attached hydrogens (primary N) is 1. The van der Waals surface area contributed by atoms with Gasteiger partial charge in [0.05, 0.1) is 0 Å². The molecule has 2 atom stereocenters. The van der Waals surface area contributed by atoms with Gasteiger partial charge in [0.1, 0.15) is 25.3 Å². The van der Waals surface area contributed by atoms with Crippen molar-refractivity contribution >= 4 is 24.0 Å². The van der Waals surface area contributed by atoms with Gasteiger partial charge in [-0.25, -0.2) is 9.59 Å². The largest absolute Gasteiger partial charge is 0.445 e. The standard InChI is InChI=1S/C28H38N4O6/c1-20(2)17-24(25(29)33)31-26(34)23(32-28(36)38-19-22-13-7-4-8-14-22)15-9-10-16-30-27(35)37-18-21-11-5-3-6-12-21/h3-8,11-14,20,23-24H,9-10,15-19H2,1-2H3,(H2,29,33)(H,30,35)(H,31,34)(H,32,36)/t23-,24+/m1/s1. The molecule has 0 saturated carbocycles. The number of amides is 4. The van der Waals surface area contributed by atoms with Gasteiger partial charge in [0, 0.05) is 6.54 Å². The number of ether oxygens (including phenoxy) is 2. The molecule has 2 rings (SSSR count). The minimum Gasteiger partial charge on any atom is -0.445 e. The summed E-state index contributed by atoms with van der Waals surface area (Å²) in [6, 6.07) is 16.7. The highest BCUT2D eigenvalue weighted by Crippen LogP contribution is 2.08. The first-order valence-electron chi connectivity index (χ1n) is 12.8. The minimum absolute atomic E-state index is 0.0489. The van der Waals surface area contributed by atoms with E-state index in [2.05, 4.69) is 16.0 Å². The number of alkyl carbamates (subject to hydrolysis) is 2. The van der Waals surface area contributed by atoms with Gasteiger partial charge in [-0.05, 0) is 42.7 Å². The van der Waals surface area contributed by atoms with Gasteiger partial charge in [-0.2, -0.15) is 0 Å². The summed E-state index contributed by atoms with van der Waals surface area (Å²) in [6.45, 7) is 4.37. The van der Waals surface area contributed by atoms with E-state index in [1.54, 1.807) is 0 Å². The molecular formula is C28H38N4O6. The number of nitrogens with one attached hydrogen (secondary N) is 3. The van der Waals surface area contributed by atoms with Crippen LogP contribution in [0.25, 0.3) is 0 Å². The van der Waals surface area contributed by atoms with E-state index >= 15 is 0 Å². The first-order valence-corrected chi connectivity index (χ1v) is 12.8. The van der Waals surface area contributed by atoms with Crippen LogP contribution in [0.4, 0.5) is 9.59 Å². The van der Waals surface area contributed by atoms with Crippen molar-refractivity contribution in [1.29, 1.82) is 0 Å². The van der Waals surface area contributed by atoms with Crippen LogP contribution in [0.5, 0.6) is 0 Å². The molecule has 0 spiro atoms. The van der Waals surface area contributed by atoms with Gasteiger partial charge in [0.2, 0.25) is 11.8 Å². The second-order valence-electron chi connectivity index (χ2n) is 9.34. The number of hydrogen-bond acceptors (Lipinski definition) is 6. The van der Waals surface area contributed by atoms with Crippen molar-refractivity contribution in [3.63, 3.8) is 0 Å². The second-order valence-corrected chi connectivity index (χ2v) is 9.34. The van der Waals surface area contributed by atoms with Gasteiger partial charge < -0.3 is 31.2 Å². The maximum absolute atomic E-state index is 13.0. The van der Waals surface area contributed by atoms with Crippen molar-refractivity contribution in [3.8, 4) is 0 Å². The van der Waals surface area contributed by atoms with Crippen LogP contribution in [0, 0.1) is 5.92 Å². The highest BCUT2D eigenvalue weighted by Gasteiger charge is 2.26.